The average molecular weight is 469 g/mol. The predicted octanol–water partition coefficient (Wildman–Crippen LogP) is 5.90. The molecule has 1 aliphatic rings. The second-order valence-corrected chi connectivity index (χ2v) is 8.29. The largest absolute Gasteiger partial charge is 0.497 e. The summed E-state index contributed by atoms with van der Waals surface area (Å²) in [5.41, 5.74) is 5.00. The highest BCUT2D eigenvalue weighted by atomic mass is 19.1. The fourth-order valence-corrected chi connectivity index (χ4v) is 4.14. The summed E-state index contributed by atoms with van der Waals surface area (Å²) in [6.45, 7) is 2.12. The number of allylic oxidation sites excluding steroid dienone is 1. The number of amides is 1. The van der Waals surface area contributed by atoms with E-state index in [1.54, 1.807) is 18.0 Å². The summed E-state index contributed by atoms with van der Waals surface area (Å²) >= 11 is 0. The molecule has 35 heavy (non-hydrogen) atoms. The Hall–Kier alpha value is -4.39. The van der Waals surface area contributed by atoms with E-state index in [0.717, 1.165) is 29.0 Å². The van der Waals surface area contributed by atoms with Gasteiger partial charge in [0.2, 0.25) is 0 Å². The van der Waals surface area contributed by atoms with Crippen LogP contribution in [0.4, 0.5) is 15.9 Å². The van der Waals surface area contributed by atoms with E-state index in [1.165, 1.54) is 29.8 Å². The van der Waals surface area contributed by atoms with Gasteiger partial charge in [0.25, 0.3) is 5.91 Å². The topological polar surface area (TPSA) is 68.2 Å². The zero-order chi connectivity index (χ0) is 24.4. The third-order valence-corrected chi connectivity index (χ3v) is 6.09. The molecule has 1 atom stereocenters. The van der Waals surface area contributed by atoms with Crippen LogP contribution >= 0.6 is 0 Å². The highest BCUT2D eigenvalue weighted by Crippen LogP contribution is 2.36. The minimum absolute atomic E-state index is 0.255. The molecule has 0 bridgehead atoms. The molecule has 5 rings (SSSR count). The SMILES string of the molecule is CCc1ccc(C2=C[C@H](c3cccc(OC)c3)n3ncc(C(=O)Nc4ccc(F)cc4)c3N2)cc1. The Labute approximate surface area is 203 Å². The number of anilines is 2. The smallest absolute Gasteiger partial charge is 0.261 e. The Morgan fingerprint density at radius 2 is 1.89 bits per heavy atom. The monoisotopic (exact) mass is 468 g/mol. The van der Waals surface area contributed by atoms with E-state index in [-0.39, 0.29) is 17.8 Å². The van der Waals surface area contributed by atoms with Gasteiger partial charge in [0.05, 0.1) is 19.3 Å². The van der Waals surface area contributed by atoms with Crippen molar-refractivity contribution in [3.63, 3.8) is 0 Å². The molecular weight excluding hydrogens is 443 g/mol. The van der Waals surface area contributed by atoms with Crippen molar-refractivity contribution in [3.8, 4) is 5.75 Å². The van der Waals surface area contributed by atoms with E-state index in [0.29, 0.717) is 17.1 Å². The fourth-order valence-electron chi connectivity index (χ4n) is 4.14. The van der Waals surface area contributed by atoms with Gasteiger partial charge in [-0.15, -0.1) is 0 Å². The van der Waals surface area contributed by atoms with Crippen LogP contribution in [0.5, 0.6) is 5.75 Å². The van der Waals surface area contributed by atoms with E-state index >= 15 is 0 Å². The molecule has 7 heteroatoms. The van der Waals surface area contributed by atoms with Crippen molar-refractivity contribution in [2.45, 2.75) is 19.4 Å². The molecule has 0 radical (unpaired) electrons. The summed E-state index contributed by atoms with van der Waals surface area (Å²) in [6.07, 6.45) is 4.60. The lowest BCUT2D eigenvalue weighted by molar-refractivity contribution is 0.102. The Kier molecular flexibility index (Phi) is 6.06. The van der Waals surface area contributed by atoms with Crippen LogP contribution in [-0.4, -0.2) is 22.8 Å². The highest BCUT2D eigenvalue weighted by Gasteiger charge is 2.28. The third-order valence-electron chi connectivity index (χ3n) is 6.09. The first-order chi connectivity index (χ1) is 17.1. The maximum Gasteiger partial charge on any atom is 0.261 e. The van der Waals surface area contributed by atoms with E-state index < -0.39 is 0 Å². The van der Waals surface area contributed by atoms with Crippen molar-refractivity contribution in [2.24, 2.45) is 0 Å². The standard InChI is InChI=1S/C28H25FN4O2/c1-3-18-7-9-19(10-8-18)25-16-26(20-5-4-6-23(15-20)35-2)33-27(32-25)24(17-30-33)28(34)31-22-13-11-21(29)12-14-22/h4-17,26,32H,3H2,1-2H3,(H,31,34)/t26-/m1/s1. The average Bonchev–Trinajstić information content (AvgIpc) is 3.34. The minimum Gasteiger partial charge on any atom is -0.497 e. The summed E-state index contributed by atoms with van der Waals surface area (Å²) in [5, 5.41) is 10.8. The number of nitrogens with zero attached hydrogens (tertiary/aromatic N) is 2. The minimum atomic E-state index is -0.363. The molecule has 176 valence electrons. The molecule has 3 aromatic carbocycles. The van der Waals surface area contributed by atoms with Gasteiger partial charge in [-0.25, -0.2) is 9.07 Å². The van der Waals surface area contributed by atoms with Crippen LogP contribution in [0.1, 0.15) is 40.0 Å². The molecule has 2 N–H and O–H groups in total. The lowest BCUT2D eigenvalue weighted by atomic mass is 10.00. The van der Waals surface area contributed by atoms with Gasteiger partial charge in [0.1, 0.15) is 22.9 Å². The summed E-state index contributed by atoms with van der Waals surface area (Å²) < 4.78 is 20.5. The number of nitrogens with one attached hydrogen (secondary N) is 2. The van der Waals surface area contributed by atoms with Crippen molar-refractivity contribution in [1.82, 2.24) is 9.78 Å². The normalized spacial score (nSPS) is 14.5. The van der Waals surface area contributed by atoms with Crippen LogP contribution in [0.3, 0.4) is 0 Å². The Morgan fingerprint density at radius 1 is 1.11 bits per heavy atom. The van der Waals surface area contributed by atoms with Gasteiger partial charge in [-0.1, -0.05) is 43.3 Å². The van der Waals surface area contributed by atoms with Crippen LogP contribution in [0, 0.1) is 5.82 Å². The number of aryl methyl sites for hydroxylation is 1. The molecule has 0 saturated carbocycles. The van der Waals surface area contributed by atoms with E-state index in [4.69, 9.17) is 4.74 Å². The molecule has 0 fully saturated rings. The molecule has 1 aliphatic heterocycles. The predicted molar refractivity (Wildman–Crippen MR) is 135 cm³/mol. The van der Waals surface area contributed by atoms with Gasteiger partial charge in [-0.2, -0.15) is 5.10 Å². The lowest BCUT2D eigenvalue weighted by Crippen LogP contribution is -2.22. The second kappa shape index (κ2) is 9.46. The zero-order valence-corrected chi connectivity index (χ0v) is 19.5. The van der Waals surface area contributed by atoms with Crippen molar-refractivity contribution in [1.29, 1.82) is 0 Å². The lowest BCUT2D eigenvalue weighted by Gasteiger charge is -2.26. The van der Waals surface area contributed by atoms with Gasteiger partial charge in [-0.05, 0) is 65.6 Å². The Bertz CT molecular complexity index is 1390. The number of aromatic nitrogens is 2. The molecule has 0 unspecified atom stereocenters. The number of carbonyl (C=O) groups excluding carboxylic acids is 1. The number of hydrogen-bond acceptors (Lipinski definition) is 4. The summed E-state index contributed by atoms with van der Waals surface area (Å²) in [4.78, 5) is 13.2. The Morgan fingerprint density at radius 3 is 2.60 bits per heavy atom. The van der Waals surface area contributed by atoms with Crippen LogP contribution < -0.4 is 15.4 Å². The van der Waals surface area contributed by atoms with Crippen molar-refractivity contribution < 1.29 is 13.9 Å². The molecule has 4 aromatic rings. The number of carbonyl (C=O) groups is 1. The molecule has 1 aromatic heterocycles. The number of halogens is 1. The summed E-state index contributed by atoms with van der Waals surface area (Å²) in [5.74, 6) is 0.621. The van der Waals surface area contributed by atoms with Gasteiger partial charge < -0.3 is 15.4 Å². The van der Waals surface area contributed by atoms with Crippen molar-refractivity contribution >= 4 is 23.1 Å². The van der Waals surface area contributed by atoms with Crippen LogP contribution in [0.25, 0.3) is 5.70 Å². The van der Waals surface area contributed by atoms with Gasteiger partial charge in [-0.3, -0.25) is 4.79 Å². The second-order valence-electron chi connectivity index (χ2n) is 8.29. The third kappa shape index (κ3) is 4.53. The molecule has 0 saturated heterocycles. The van der Waals surface area contributed by atoms with Crippen LogP contribution in [0.2, 0.25) is 0 Å². The molecule has 6 nitrogen and oxygen atoms in total. The highest BCUT2D eigenvalue weighted by molar-refractivity contribution is 6.08. The number of benzene rings is 3. The maximum atomic E-state index is 13.3. The fraction of sp³-hybridized carbons (Fsp3) is 0.143. The van der Waals surface area contributed by atoms with Crippen LogP contribution in [-0.2, 0) is 6.42 Å². The molecular formula is C28H25FN4O2. The first-order valence-corrected chi connectivity index (χ1v) is 11.4. The first-order valence-electron chi connectivity index (χ1n) is 11.4. The van der Waals surface area contributed by atoms with Gasteiger partial charge in [0.15, 0.2) is 0 Å². The summed E-state index contributed by atoms with van der Waals surface area (Å²) in [6, 6.07) is 21.6. The summed E-state index contributed by atoms with van der Waals surface area (Å²) in [7, 11) is 1.63. The Balaban J connectivity index is 1.55. The van der Waals surface area contributed by atoms with Crippen molar-refractivity contribution in [3.05, 3.63) is 113 Å². The number of ether oxygens (including phenoxy) is 1. The van der Waals surface area contributed by atoms with Crippen LogP contribution in [0.15, 0.2) is 85.1 Å². The number of rotatable bonds is 6. The van der Waals surface area contributed by atoms with E-state index in [2.05, 4.69) is 53.0 Å². The molecule has 0 aliphatic carbocycles. The van der Waals surface area contributed by atoms with Crippen molar-refractivity contribution in [2.75, 3.05) is 17.7 Å². The van der Waals surface area contributed by atoms with Gasteiger partial charge in [0, 0.05) is 11.4 Å². The quantitative estimate of drug-likeness (QED) is 0.370. The van der Waals surface area contributed by atoms with E-state index in [9.17, 15) is 9.18 Å². The molecule has 1 amide bonds. The molecule has 0 spiro atoms. The van der Waals surface area contributed by atoms with E-state index in [1.807, 2.05) is 24.3 Å². The maximum absolute atomic E-state index is 13.3. The zero-order valence-electron chi connectivity index (χ0n) is 19.5. The molecule has 2 heterocycles. The first kappa shape index (κ1) is 22.4. The van der Waals surface area contributed by atoms with Gasteiger partial charge >= 0.3 is 0 Å². The number of fused-ring (bicyclic) bond motifs is 1. The number of methoxy groups -OCH3 is 1. The number of hydrogen-bond donors (Lipinski definition) is 2.